The number of nitrogens with zero attached hydrogens (tertiary/aromatic N) is 3. The van der Waals surface area contributed by atoms with Gasteiger partial charge in [0.15, 0.2) is 0 Å². The summed E-state index contributed by atoms with van der Waals surface area (Å²) in [5.41, 5.74) is 6.39. The third kappa shape index (κ3) is 4.20. The van der Waals surface area contributed by atoms with Gasteiger partial charge in [0.25, 0.3) is 0 Å². The van der Waals surface area contributed by atoms with Crippen molar-refractivity contribution in [1.82, 2.24) is 14.8 Å². The molecule has 4 N–H and O–H groups in total. The van der Waals surface area contributed by atoms with E-state index < -0.39 is 6.09 Å². The number of aromatic nitrogens is 3. The van der Waals surface area contributed by atoms with Gasteiger partial charge in [0.2, 0.25) is 11.9 Å². The van der Waals surface area contributed by atoms with Gasteiger partial charge in [0.05, 0.1) is 7.11 Å². The number of rotatable bonds is 4. The van der Waals surface area contributed by atoms with Crippen LogP contribution in [0.4, 0.5) is 22.1 Å². The Morgan fingerprint density at radius 2 is 2.05 bits per heavy atom. The predicted molar refractivity (Wildman–Crippen MR) is 75.5 cm³/mol. The third-order valence-corrected chi connectivity index (χ3v) is 2.44. The van der Waals surface area contributed by atoms with Gasteiger partial charge in [-0.1, -0.05) is 6.07 Å². The second-order valence-electron chi connectivity index (χ2n) is 4.05. The minimum atomic E-state index is -0.587. The number of benzene rings is 1. The maximum atomic E-state index is 11.8. The van der Waals surface area contributed by atoms with E-state index in [9.17, 15) is 9.59 Å². The summed E-state index contributed by atoms with van der Waals surface area (Å²) in [5, 5.41) is 8.98. The van der Waals surface area contributed by atoms with Gasteiger partial charge in [0.1, 0.15) is 12.9 Å². The molecule has 0 bridgehead atoms. The van der Waals surface area contributed by atoms with Gasteiger partial charge < -0.3 is 15.8 Å². The lowest BCUT2D eigenvalue weighted by molar-refractivity contribution is -0.116. The fourth-order valence-corrected chi connectivity index (χ4v) is 1.58. The molecular formula is C12H14N6O3. The van der Waals surface area contributed by atoms with E-state index in [1.54, 1.807) is 24.3 Å². The van der Waals surface area contributed by atoms with Crippen molar-refractivity contribution in [3.05, 3.63) is 30.6 Å². The average molecular weight is 290 g/mol. The van der Waals surface area contributed by atoms with Crippen molar-refractivity contribution < 1.29 is 14.3 Å². The average Bonchev–Trinajstić information content (AvgIpc) is 2.84. The molecule has 0 saturated heterocycles. The van der Waals surface area contributed by atoms with Crippen LogP contribution in [0.1, 0.15) is 0 Å². The number of nitrogen functional groups attached to an aromatic ring is 1. The van der Waals surface area contributed by atoms with E-state index >= 15 is 0 Å². The Morgan fingerprint density at radius 3 is 2.67 bits per heavy atom. The quantitative estimate of drug-likeness (QED) is 0.760. The molecule has 2 rings (SSSR count). The Morgan fingerprint density at radius 1 is 1.33 bits per heavy atom. The molecule has 0 unspecified atom stereocenters. The number of amides is 2. The van der Waals surface area contributed by atoms with E-state index in [0.29, 0.717) is 11.4 Å². The lowest BCUT2D eigenvalue weighted by Crippen LogP contribution is -2.19. The fourth-order valence-electron chi connectivity index (χ4n) is 1.58. The van der Waals surface area contributed by atoms with Crippen LogP contribution in [0, 0.1) is 0 Å². The second kappa shape index (κ2) is 6.37. The van der Waals surface area contributed by atoms with Crippen molar-refractivity contribution in [3.63, 3.8) is 0 Å². The number of ether oxygens (including phenoxy) is 1. The van der Waals surface area contributed by atoms with Crippen molar-refractivity contribution in [1.29, 1.82) is 0 Å². The second-order valence-corrected chi connectivity index (χ2v) is 4.05. The van der Waals surface area contributed by atoms with Crippen LogP contribution in [0.3, 0.4) is 0 Å². The number of methoxy groups -OCH3 is 1. The Balaban J connectivity index is 1.97. The van der Waals surface area contributed by atoms with Gasteiger partial charge in [-0.15, -0.1) is 5.10 Å². The fraction of sp³-hybridized carbons (Fsp3) is 0.167. The monoisotopic (exact) mass is 290 g/mol. The molecule has 0 aliphatic heterocycles. The van der Waals surface area contributed by atoms with Crippen LogP contribution in [0.5, 0.6) is 0 Å². The number of nitrogens with two attached hydrogens (primary N) is 1. The smallest absolute Gasteiger partial charge is 0.411 e. The summed E-state index contributed by atoms with van der Waals surface area (Å²) in [6.45, 7) is -0.0150. The van der Waals surface area contributed by atoms with Crippen LogP contribution in [-0.4, -0.2) is 33.9 Å². The number of carbonyl (C=O) groups is 2. The van der Waals surface area contributed by atoms with E-state index in [1.165, 1.54) is 18.1 Å². The van der Waals surface area contributed by atoms with Crippen LogP contribution in [0.15, 0.2) is 30.6 Å². The lowest BCUT2D eigenvalue weighted by Gasteiger charge is -2.08. The number of anilines is 3. The first-order valence-electron chi connectivity index (χ1n) is 5.96. The first-order chi connectivity index (χ1) is 10.1. The molecule has 9 nitrogen and oxygen atoms in total. The van der Waals surface area contributed by atoms with Crippen LogP contribution in [0.25, 0.3) is 0 Å². The number of hydrogen-bond donors (Lipinski definition) is 3. The molecule has 0 aliphatic carbocycles. The van der Waals surface area contributed by atoms with Crippen molar-refractivity contribution >= 4 is 29.3 Å². The van der Waals surface area contributed by atoms with Gasteiger partial charge in [-0.25, -0.2) is 14.5 Å². The molecule has 0 atom stereocenters. The lowest BCUT2D eigenvalue weighted by atomic mass is 10.2. The van der Waals surface area contributed by atoms with E-state index in [1.807, 2.05) is 0 Å². The van der Waals surface area contributed by atoms with E-state index in [4.69, 9.17) is 5.73 Å². The number of hydrogen-bond acceptors (Lipinski definition) is 6. The molecular weight excluding hydrogens is 276 g/mol. The summed E-state index contributed by atoms with van der Waals surface area (Å²) in [7, 11) is 1.27. The first kappa shape index (κ1) is 14.3. The molecule has 1 heterocycles. The van der Waals surface area contributed by atoms with Gasteiger partial charge in [-0.2, -0.15) is 0 Å². The van der Waals surface area contributed by atoms with Gasteiger partial charge in [-0.05, 0) is 18.2 Å². The van der Waals surface area contributed by atoms with Gasteiger partial charge in [-0.3, -0.25) is 10.1 Å². The highest BCUT2D eigenvalue weighted by Crippen LogP contribution is 2.15. The Labute approximate surface area is 120 Å². The molecule has 1 aromatic carbocycles. The maximum absolute atomic E-state index is 11.8. The van der Waals surface area contributed by atoms with Gasteiger partial charge in [0, 0.05) is 11.4 Å². The van der Waals surface area contributed by atoms with Gasteiger partial charge >= 0.3 is 6.09 Å². The SMILES string of the molecule is COC(=O)Nc1cccc(NC(=O)Cn2cnc(N)n2)c1. The van der Waals surface area contributed by atoms with Crippen LogP contribution in [0.2, 0.25) is 0 Å². The zero-order valence-corrected chi connectivity index (χ0v) is 11.2. The summed E-state index contributed by atoms with van der Waals surface area (Å²) in [4.78, 5) is 26.7. The molecule has 2 amide bonds. The van der Waals surface area contributed by atoms with E-state index in [0.717, 1.165) is 0 Å². The van der Waals surface area contributed by atoms with E-state index in [-0.39, 0.29) is 18.4 Å². The minimum Gasteiger partial charge on any atom is -0.453 e. The highest BCUT2D eigenvalue weighted by Gasteiger charge is 2.07. The Bertz CT molecular complexity index is 654. The van der Waals surface area contributed by atoms with Crippen molar-refractivity contribution in [2.24, 2.45) is 0 Å². The van der Waals surface area contributed by atoms with Crippen molar-refractivity contribution in [3.8, 4) is 0 Å². The van der Waals surface area contributed by atoms with Crippen LogP contribution >= 0.6 is 0 Å². The molecule has 0 saturated carbocycles. The zero-order valence-electron chi connectivity index (χ0n) is 11.2. The summed E-state index contributed by atoms with van der Waals surface area (Å²) >= 11 is 0. The van der Waals surface area contributed by atoms with Crippen LogP contribution < -0.4 is 16.4 Å². The first-order valence-corrected chi connectivity index (χ1v) is 5.96. The Hall–Kier alpha value is -3.10. The predicted octanol–water partition coefficient (Wildman–Crippen LogP) is 0.677. The number of carbonyl (C=O) groups excluding carboxylic acids is 2. The summed E-state index contributed by atoms with van der Waals surface area (Å²) in [5.74, 6) is -0.192. The topological polar surface area (TPSA) is 124 Å². The van der Waals surface area contributed by atoms with E-state index in [2.05, 4.69) is 25.5 Å². The molecule has 0 aliphatic rings. The van der Waals surface area contributed by atoms with Crippen LogP contribution in [-0.2, 0) is 16.1 Å². The highest BCUT2D eigenvalue weighted by atomic mass is 16.5. The minimum absolute atomic E-state index is 0.0150. The zero-order chi connectivity index (χ0) is 15.2. The Kier molecular flexibility index (Phi) is 4.34. The van der Waals surface area contributed by atoms with Crippen molar-refractivity contribution in [2.45, 2.75) is 6.54 Å². The summed E-state index contributed by atoms with van der Waals surface area (Å²) in [6.07, 6.45) is 0.779. The molecule has 21 heavy (non-hydrogen) atoms. The third-order valence-electron chi connectivity index (χ3n) is 2.44. The molecule has 0 radical (unpaired) electrons. The summed E-state index contributed by atoms with van der Waals surface area (Å²) < 4.78 is 5.81. The standard InChI is InChI=1S/C12H14N6O3/c1-21-12(20)16-9-4-2-3-8(5-9)15-10(19)6-18-7-14-11(13)17-18/h2-5,7H,6H2,1H3,(H2,13,17)(H,15,19)(H,16,20). The molecule has 1 aromatic heterocycles. The molecule has 9 heteroatoms. The van der Waals surface area contributed by atoms with Crippen molar-refractivity contribution in [2.75, 3.05) is 23.5 Å². The molecule has 110 valence electrons. The molecule has 2 aromatic rings. The maximum Gasteiger partial charge on any atom is 0.411 e. The normalized spacial score (nSPS) is 9.95. The largest absolute Gasteiger partial charge is 0.453 e. The highest BCUT2D eigenvalue weighted by molar-refractivity contribution is 5.92. The molecule has 0 fully saturated rings. The summed E-state index contributed by atoms with van der Waals surface area (Å²) in [6, 6.07) is 6.65. The number of nitrogens with one attached hydrogen (secondary N) is 2. The molecule has 0 spiro atoms.